The normalized spacial score (nSPS) is 11.3. The van der Waals surface area contributed by atoms with Crippen LogP contribution in [0.2, 0.25) is 0 Å². The zero-order valence-electron chi connectivity index (χ0n) is 10.5. The Balaban J connectivity index is 2.55. The van der Waals surface area contributed by atoms with Gasteiger partial charge in [0.05, 0.1) is 7.11 Å². The highest BCUT2D eigenvalue weighted by molar-refractivity contribution is 5.64. The summed E-state index contributed by atoms with van der Waals surface area (Å²) in [5.74, 6) is 0.630. The Labute approximate surface area is 107 Å². The summed E-state index contributed by atoms with van der Waals surface area (Å²) in [4.78, 5) is 0. The summed E-state index contributed by atoms with van der Waals surface area (Å²) in [5, 5.41) is 2.00. The molecule has 0 aliphatic carbocycles. The van der Waals surface area contributed by atoms with Gasteiger partial charge in [-0.3, -0.25) is 0 Å². The molecule has 0 N–H and O–H groups in total. The molecule has 2 rings (SSSR count). The molecule has 0 unspecified atom stereocenters. The highest BCUT2D eigenvalue weighted by Crippen LogP contribution is 2.15. The van der Waals surface area contributed by atoms with E-state index in [1.165, 1.54) is 5.56 Å². The highest BCUT2D eigenvalue weighted by Gasteiger charge is 1.96. The second kappa shape index (κ2) is 5.37. The van der Waals surface area contributed by atoms with Crippen LogP contribution < -0.4 is 10.4 Å². The largest absolute Gasteiger partial charge is 0.497 e. The van der Waals surface area contributed by atoms with E-state index in [-0.39, 0.29) is 0 Å². The lowest BCUT2D eigenvalue weighted by atomic mass is 10.0. The van der Waals surface area contributed by atoms with Crippen molar-refractivity contribution in [2.75, 3.05) is 7.11 Å². The van der Waals surface area contributed by atoms with E-state index < -0.39 is 0 Å². The summed E-state index contributed by atoms with van der Waals surface area (Å²) < 4.78 is 5.08. The van der Waals surface area contributed by atoms with Gasteiger partial charge in [-0.05, 0) is 33.7 Å². The van der Waals surface area contributed by atoms with Crippen LogP contribution in [0.1, 0.15) is 0 Å². The van der Waals surface area contributed by atoms with Crippen molar-refractivity contribution in [2.45, 2.75) is 0 Å². The first-order chi connectivity index (χ1) is 8.70. The van der Waals surface area contributed by atoms with E-state index >= 15 is 0 Å². The molecule has 18 heavy (non-hydrogen) atoms. The minimum atomic E-state index is 0.630. The van der Waals surface area contributed by atoms with Gasteiger partial charge in [-0.15, -0.1) is 0 Å². The first-order valence-corrected chi connectivity index (χ1v) is 5.80. The van der Waals surface area contributed by atoms with E-state index in [0.29, 0.717) is 5.76 Å². The molecular weight excluding hydrogens is 220 g/mol. The maximum atomic E-state index is 5.08. The molecule has 90 valence electrons. The van der Waals surface area contributed by atoms with E-state index in [1.54, 1.807) is 7.11 Å². The third-order valence-electron chi connectivity index (χ3n) is 2.83. The molecule has 0 aromatic heterocycles. The molecule has 0 saturated heterocycles. The zero-order valence-corrected chi connectivity index (χ0v) is 10.5. The molecule has 0 amide bonds. The summed E-state index contributed by atoms with van der Waals surface area (Å²) in [6.07, 6.45) is 1.90. The average Bonchev–Trinajstić information content (AvgIpc) is 2.42. The van der Waals surface area contributed by atoms with Gasteiger partial charge in [-0.25, -0.2) is 0 Å². The van der Waals surface area contributed by atoms with Gasteiger partial charge in [-0.1, -0.05) is 55.6 Å². The number of hydrogen-bond donors (Lipinski definition) is 0. The summed E-state index contributed by atoms with van der Waals surface area (Å²) >= 11 is 0. The SMILES string of the molecule is C=C(/C=c1/cc(-c2ccccc2)ccc1=C)OC. The first kappa shape index (κ1) is 12.2. The molecule has 0 bridgehead atoms. The van der Waals surface area contributed by atoms with Crippen molar-refractivity contribution >= 4 is 12.7 Å². The van der Waals surface area contributed by atoms with Crippen molar-refractivity contribution in [3.05, 3.63) is 71.3 Å². The van der Waals surface area contributed by atoms with Crippen LogP contribution in [0.25, 0.3) is 23.8 Å². The van der Waals surface area contributed by atoms with Crippen LogP contribution in [0.4, 0.5) is 0 Å². The molecular formula is C17H16O. The Kier molecular flexibility index (Phi) is 3.63. The maximum absolute atomic E-state index is 5.08. The number of ether oxygens (including phenoxy) is 1. The number of allylic oxidation sites excluding steroid dienone is 1. The van der Waals surface area contributed by atoms with Crippen molar-refractivity contribution in [1.82, 2.24) is 0 Å². The third kappa shape index (κ3) is 2.69. The lowest BCUT2D eigenvalue weighted by molar-refractivity contribution is 0.315. The maximum Gasteiger partial charge on any atom is 0.112 e. The monoisotopic (exact) mass is 236 g/mol. The number of methoxy groups -OCH3 is 1. The molecule has 0 fully saturated rings. The van der Waals surface area contributed by atoms with Gasteiger partial charge in [0.1, 0.15) is 5.76 Å². The van der Waals surface area contributed by atoms with Crippen LogP contribution in [0.5, 0.6) is 0 Å². The van der Waals surface area contributed by atoms with E-state index in [1.807, 2.05) is 30.3 Å². The molecule has 1 heteroatoms. The molecule has 0 radical (unpaired) electrons. The smallest absolute Gasteiger partial charge is 0.112 e. The van der Waals surface area contributed by atoms with Crippen molar-refractivity contribution in [2.24, 2.45) is 0 Å². The van der Waals surface area contributed by atoms with Crippen LogP contribution in [-0.4, -0.2) is 7.11 Å². The van der Waals surface area contributed by atoms with Gasteiger partial charge in [0, 0.05) is 0 Å². The minimum absolute atomic E-state index is 0.630. The van der Waals surface area contributed by atoms with Crippen LogP contribution in [0, 0.1) is 0 Å². The minimum Gasteiger partial charge on any atom is -0.497 e. The lowest BCUT2D eigenvalue weighted by Gasteiger charge is -2.02. The quantitative estimate of drug-likeness (QED) is 0.745. The molecule has 0 atom stereocenters. The average molecular weight is 236 g/mol. The fourth-order valence-corrected chi connectivity index (χ4v) is 1.77. The van der Waals surface area contributed by atoms with E-state index in [9.17, 15) is 0 Å². The van der Waals surface area contributed by atoms with Crippen LogP contribution in [0.15, 0.2) is 60.9 Å². The van der Waals surface area contributed by atoms with Crippen molar-refractivity contribution in [1.29, 1.82) is 0 Å². The van der Waals surface area contributed by atoms with Crippen LogP contribution in [0.3, 0.4) is 0 Å². The standard InChI is InChI=1S/C17H16O/c1-13-9-10-16(15-7-5-4-6-8-15)12-17(13)11-14(2)18-3/h4-12H,1-2H2,3H3/b17-11-. The number of rotatable bonds is 3. The van der Waals surface area contributed by atoms with E-state index in [4.69, 9.17) is 4.74 Å². The molecule has 0 aliphatic heterocycles. The topological polar surface area (TPSA) is 9.23 Å². The fraction of sp³-hybridized carbons (Fsp3) is 0.0588. The predicted molar refractivity (Wildman–Crippen MR) is 77.3 cm³/mol. The Morgan fingerprint density at radius 1 is 1.06 bits per heavy atom. The molecule has 0 heterocycles. The van der Waals surface area contributed by atoms with Crippen molar-refractivity contribution in [3.8, 4) is 11.1 Å². The zero-order chi connectivity index (χ0) is 13.0. The summed E-state index contributed by atoms with van der Waals surface area (Å²) in [6, 6.07) is 16.4. The third-order valence-corrected chi connectivity index (χ3v) is 2.83. The first-order valence-electron chi connectivity index (χ1n) is 5.80. The molecule has 0 spiro atoms. The second-order valence-corrected chi connectivity index (χ2v) is 4.09. The van der Waals surface area contributed by atoms with Gasteiger partial charge in [0.2, 0.25) is 0 Å². The summed E-state index contributed by atoms with van der Waals surface area (Å²) in [5.41, 5.74) is 2.35. The number of benzene rings is 2. The summed E-state index contributed by atoms with van der Waals surface area (Å²) in [7, 11) is 1.61. The van der Waals surface area contributed by atoms with Crippen LogP contribution in [-0.2, 0) is 4.74 Å². The van der Waals surface area contributed by atoms with Gasteiger partial charge < -0.3 is 4.74 Å². The lowest BCUT2D eigenvalue weighted by Crippen LogP contribution is -2.22. The number of hydrogen-bond acceptors (Lipinski definition) is 1. The molecule has 2 aromatic carbocycles. The highest BCUT2D eigenvalue weighted by atomic mass is 16.5. The predicted octanol–water partition coefficient (Wildman–Crippen LogP) is 2.70. The van der Waals surface area contributed by atoms with E-state index in [0.717, 1.165) is 16.0 Å². The van der Waals surface area contributed by atoms with Gasteiger partial charge in [0.25, 0.3) is 0 Å². The van der Waals surface area contributed by atoms with Gasteiger partial charge >= 0.3 is 0 Å². The Bertz CT molecular complexity index is 654. The Hall–Kier alpha value is -2.28. The van der Waals surface area contributed by atoms with Crippen molar-refractivity contribution < 1.29 is 4.74 Å². The Morgan fingerprint density at radius 2 is 1.78 bits per heavy atom. The molecule has 2 aromatic rings. The molecule has 0 aliphatic rings. The van der Waals surface area contributed by atoms with Crippen molar-refractivity contribution in [3.63, 3.8) is 0 Å². The van der Waals surface area contributed by atoms with Gasteiger partial charge in [0.15, 0.2) is 0 Å². The second-order valence-electron chi connectivity index (χ2n) is 4.09. The summed E-state index contributed by atoms with van der Waals surface area (Å²) in [6.45, 7) is 7.82. The fourth-order valence-electron chi connectivity index (χ4n) is 1.77. The molecule has 1 nitrogen and oxygen atoms in total. The molecule has 0 saturated carbocycles. The van der Waals surface area contributed by atoms with Gasteiger partial charge in [-0.2, -0.15) is 0 Å². The Morgan fingerprint density at radius 3 is 2.44 bits per heavy atom. The van der Waals surface area contributed by atoms with Crippen LogP contribution >= 0.6 is 0 Å². The van der Waals surface area contributed by atoms with E-state index in [2.05, 4.69) is 37.4 Å².